The number of rotatable bonds is 4. The zero-order valence-electron chi connectivity index (χ0n) is 7.38. The Morgan fingerprint density at radius 1 is 1.50 bits per heavy atom. The Kier molecular flexibility index (Phi) is 3.30. The molecule has 1 rings (SSSR count). The monoisotopic (exact) mass is 197 g/mol. The minimum absolute atomic E-state index is 0.0370. The second-order valence-electron chi connectivity index (χ2n) is 2.72. The molecule has 76 valence electrons. The highest BCUT2D eigenvalue weighted by atomic mass is 16.5. The molecule has 1 aromatic rings. The third-order valence-electron chi connectivity index (χ3n) is 1.60. The summed E-state index contributed by atoms with van der Waals surface area (Å²) in [6.45, 7) is -0.174. The fourth-order valence-corrected chi connectivity index (χ4v) is 0.830. The van der Waals surface area contributed by atoms with Crippen LogP contribution in [0.15, 0.2) is 24.3 Å². The molecule has 0 bridgehead atoms. The lowest BCUT2D eigenvalue weighted by molar-refractivity contribution is -0.139. The summed E-state index contributed by atoms with van der Waals surface area (Å²) < 4.78 is 5.00. The molecule has 1 aromatic carbocycles. The van der Waals surface area contributed by atoms with E-state index in [4.69, 9.17) is 15.6 Å². The Bertz CT molecular complexity index is 326. The van der Waals surface area contributed by atoms with Crippen LogP contribution in [0.3, 0.4) is 0 Å². The predicted octanol–water partition coefficient (Wildman–Crippen LogP) is 0.183. The van der Waals surface area contributed by atoms with Crippen molar-refractivity contribution in [3.8, 4) is 11.5 Å². The molecule has 1 unspecified atom stereocenters. The van der Waals surface area contributed by atoms with Crippen LogP contribution in [0.1, 0.15) is 0 Å². The second kappa shape index (κ2) is 4.48. The highest BCUT2D eigenvalue weighted by Gasteiger charge is 2.12. The standard InChI is InChI=1S/C9H11NO4/c10-6(9(12)13)5-14-8-4-2-1-3-7(8)11/h1-4,6,11H,5,10H2,(H,12,13). The van der Waals surface area contributed by atoms with Gasteiger partial charge in [-0.25, -0.2) is 0 Å². The van der Waals surface area contributed by atoms with E-state index < -0.39 is 12.0 Å². The summed E-state index contributed by atoms with van der Waals surface area (Å²) in [5.74, 6) is -0.949. The van der Waals surface area contributed by atoms with Crippen LogP contribution in [0.25, 0.3) is 0 Å². The summed E-state index contributed by atoms with van der Waals surface area (Å²) in [4.78, 5) is 10.3. The molecule has 0 radical (unpaired) electrons. The van der Waals surface area contributed by atoms with Crippen LogP contribution in [0, 0.1) is 0 Å². The summed E-state index contributed by atoms with van der Waals surface area (Å²) in [6, 6.07) is 5.20. The molecule has 0 fully saturated rings. The van der Waals surface area contributed by atoms with Crippen LogP contribution in [-0.4, -0.2) is 28.8 Å². The predicted molar refractivity (Wildman–Crippen MR) is 49.2 cm³/mol. The highest BCUT2D eigenvalue weighted by Crippen LogP contribution is 2.24. The van der Waals surface area contributed by atoms with Crippen molar-refractivity contribution in [2.24, 2.45) is 5.73 Å². The molecule has 0 aliphatic carbocycles. The van der Waals surface area contributed by atoms with Gasteiger partial charge in [-0.1, -0.05) is 12.1 Å². The molecular formula is C9H11NO4. The number of nitrogens with two attached hydrogens (primary N) is 1. The fourth-order valence-electron chi connectivity index (χ4n) is 0.830. The van der Waals surface area contributed by atoms with Gasteiger partial charge in [-0.05, 0) is 12.1 Å². The quantitative estimate of drug-likeness (QED) is 0.640. The van der Waals surface area contributed by atoms with Gasteiger partial charge in [0, 0.05) is 0 Å². The van der Waals surface area contributed by atoms with E-state index in [1.807, 2.05) is 0 Å². The van der Waals surface area contributed by atoms with Gasteiger partial charge in [0.05, 0.1) is 0 Å². The largest absolute Gasteiger partial charge is 0.504 e. The van der Waals surface area contributed by atoms with E-state index in [9.17, 15) is 9.90 Å². The van der Waals surface area contributed by atoms with Gasteiger partial charge in [0.1, 0.15) is 12.6 Å². The zero-order valence-corrected chi connectivity index (χ0v) is 7.38. The number of phenolic OH excluding ortho intramolecular Hbond substituents is 1. The van der Waals surface area contributed by atoms with Gasteiger partial charge in [0.25, 0.3) is 0 Å². The number of para-hydroxylation sites is 2. The molecule has 14 heavy (non-hydrogen) atoms. The van der Waals surface area contributed by atoms with Crippen LogP contribution in [0.4, 0.5) is 0 Å². The first-order chi connectivity index (χ1) is 6.61. The molecule has 0 aliphatic heterocycles. The van der Waals surface area contributed by atoms with Gasteiger partial charge >= 0.3 is 5.97 Å². The Morgan fingerprint density at radius 3 is 2.71 bits per heavy atom. The molecule has 0 heterocycles. The van der Waals surface area contributed by atoms with Crippen molar-refractivity contribution in [1.29, 1.82) is 0 Å². The second-order valence-corrected chi connectivity index (χ2v) is 2.72. The summed E-state index contributed by atoms with van der Waals surface area (Å²) in [5.41, 5.74) is 5.21. The Morgan fingerprint density at radius 2 is 2.14 bits per heavy atom. The number of ether oxygens (including phenoxy) is 1. The lowest BCUT2D eigenvalue weighted by Crippen LogP contribution is -2.36. The summed E-state index contributed by atoms with van der Waals surface area (Å²) in [7, 11) is 0. The molecule has 5 heteroatoms. The van der Waals surface area contributed by atoms with Gasteiger partial charge in [0.2, 0.25) is 0 Å². The van der Waals surface area contributed by atoms with Crippen LogP contribution in [0.2, 0.25) is 0 Å². The third kappa shape index (κ3) is 2.63. The Labute approximate surface area is 80.7 Å². The number of aromatic hydroxyl groups is 1. The maximum Gasteiger partial charge on any atom is 0.324 e. The zero-order chi connectivity index (χ0) is 10.6. The minimum atomic E-state index is -1.14. The molecule has 0 aromatic heterocycles. The van der Waals surface area contributed by atoms with Crippen LogP contribution < -0.4 is 10.5 Å². The smallest absolute Gasteiger partial charge is 0.324 e. The van der Waals surface area contributed by atoms with Crippen LogP contribution in [0.5, 0.6) is 11.5 Å². The summed E-state index contributed by atoms with van der Waals surface area (Å²) >= 11 is 0. The first-order valence-corrected chi connectivity index (χ1v) is 4.00. The van der Waals surface area contributed by atoms with E-state index in [1.165, 1.54) is 12.1 Å². The average Bonchev–Trinajstić information content (AvgIpc) is 2.16. The summed E-state index contributed by atoms with van der Waals surface area (Å²) in [5, 5.41) is 17.7. The number of benzene rings is 1. The minimum Gasteiger partial charge on any atom is -0.504 e. The van der Waals surface area contributed by atoms with Crippen molar-refractivity contribution in [2.75, 3.05) is 6.61 Å². The van der Waals surface area contributed by atoms with Crippen LogP contribution >= 0.6 is 0 Å². The number of aliphatic carboxylic acids is 1. The topological polar surface area (TPSA) is 92.8 Å². The lowest BCUT2D eigenvalue weighted by atomic mass is 10.3. The van der Waals surface area contributed by atoms with E-state index in [1.54, 1.807) is 12.1 Å². The maximum absolute atomic E-state index is 10.3. The van der Waals surface area contributed by atoms with Gasteiger partial charge in [-0.3, -0.25) is 4.79 Å². The van der Waals surface area contributed by atoms with Crippen molar-refractivity contribution in [3.63, 3.8) is 0 Å². The number of hydrogen-bond donors (Lipinski definition) is 3. The van der Waals surface area contributed by atoms with Gasteiger partial charge in [0.15, 0.2) is 11.5 Å². The summed E-state index contributed by atoms with van der Waals surface area (Å²) in [6.07, 6.45) is 0. The lowest BCUT2D eigenvalue weighted by Gasteiger charge is -2.09. The third-order valence-corrected chi connectivity index (χ3v) is 1.60. The molecule has 5 nitrogen and oxygen atoms in total. The molecule has 4 N–H and O–H groups in total. The maximum atomic E-state index is 10.3. The van der Waals surface area contributed by atoms with Crippen molar-refractivity contribution < 1.29 is 19.7 Å². The van der Waals surface area contributed by atoms with Crippen LogP contribution in [-0.2, 0) is 4.79 Å². The molecule has 0 amide bonds. The van der Waals surface area contributed by atoms with Gasteiger partial charge in [-0.2, -0.15) is 0 Å². The van der Waals surface area contributed by atoms with E-state index in [0.29, 0.717) is 0 Å². The number of carboxylic acid groups (broad SMARTS) is 1. The SMILES string of the molecule is NC(COc1ccccc1O)C(=O)O. The van der Waals surface area contributed by atoms with Crippen molar-refractivity contribution in [1.82, 2.24) is 0 Å². The van der Waals surface area contributed by atoms with Crippen molar-refractivity contribution in [2.45, 2.75) is 6.04 Å². The number of hydrogen-bond acceptors (Lipinski definition) is 4. The molecule has 1 atom stereocenters. The van der Waals surface area contributed by atoms with E-state index >= 15 is 0 Å². The molecule has 0 saturated carbocycles. The normalized spacial score (nSPS) is 12.1. The number of carboxylic acids is 1. The molecular weight excluding hydrogens is 186 g/mol. The first-order valence-electron chi connectivity index (χ1n) is 4.00. The van der Waals surface area contributed by atoms with Gasteiger partial charge in [-0.15, -0.1) is 0 Å². The van der Waals surface area contributed by atoms with E-state index in [2.05, 4.69) is 0 Å². The van der Waals surface area contributed by atoms with E-state index in [0.717, 1.165) is 0 Å². The van der Waals surface area contributed by atoms with Crippen molar-refractivity contribution >= 4 is 5.97 Å². The van der Waals surface area contributed by atoms with Crippen molar-refractivity contribution in [3.05, 3.63) is 24.3 Å². The Balaban J connectivity index is 2.54. The highest BCUT2D eigenvalue weighted by molar-refractivity contribution is 5.73. The Hall–Kier alpha value is -1.75. The molecule has 0 spiro atoms. The molecule has 0 saturated heterocycles. The van der Waals surface area contributed by atoms with Gasteiger partial charge < -0.3 is 20.7 Å². The fraction of sp³-hybridized carbons (Fsp3) is 0.222. The van der Waals surface area contributed by atoms with E-state index in [-0.39, 0.29) is 18.1 Å². The number of carbonyl (C=O) groups is 1. The molecule has 0 aliphatic rings. The first kappa shape index (κ1) is 10.3. The average molecular weight is 197 g/mol. The number of phenols is 1.